The number of Topliss-reactive ketones (excluding diaryl/α,β-unsaturated/α-hetero) is 1. The summed E-state index contributed by atoms with van der Waals surface area (Å²) in [5.41, 5.74) is 3.67. The molecule has 12 heteroatoms. The van der Waals surface area contributed by atoms with Crippen LogP contribution < -0.4 is 16.0 Å². The first kappa shape index (κ1) is 26.3. The van der Waals surface area contributed by atoms with E-state index in [9.17, 15) is 28.7 Å². The first-order valence-corrected chi connectivity index (χ1v) is 13.0. The van der Waals surface area contributed by atoms with Crippen LogP contribution in [-0.2, 0) is 24.2 Å². The Morgan fingerprint density at radius 1 is 1.10 bits per heavy atom. The van der Waals surface area contributed by atoms with Crippen molar-refractivity contribution < 1.29 is 28.7 Å². The maximum absolute atomic E-state index is 14.5. The van der Waals surface area contributed by atoms with Crippen LogP contribution in [0, 0.1) is 5.82 Å². The molecule has 11 nitrogen and oxygen atoms in total. The monoisotopic (exact) mass is 556 g/mol. The van der Waals surface area contributed by atoms with E-state index in [0.29, 0.717) is 29.7 Å². The number of anilines is 1. The number of nitrogens with one attached hydrogen (secondary N) is 3. The van der Waals surface area contributed by atoms with Gasteiger partial charge in [-0.1, -0.05) is 24.3 Å². The third kappa shape index (κ3) is 4.93. The van der Waals surface area contributed by atoms with Crippen molar-refractivity contribution in [2.45, 2.75) is 44.9 Å². The van der Waals surface area contributed by atoms with Crippen molar-refractivity contribution in [3.05, 3.63) is 93.7 Å². The topological polar surface area (TPSA) is 155 Å². The minimum Gasteiger partial charge on any atom is -0.390 e. The molecule has 0 spiro atoms. The lowest BCUT2D eigenvalue weighted by molar-refractivity contribution is -0.116. The van der Waals surface area contributed by atoms with Crippen LogP contribution in [0.4, 0.5) is 10.1 Å². The fourth-order valence-corrected chi connectivity index (χ4v) is 5.26. The van der Waals surface area contributed by atoms with Crippen molar-refractivity contribution >= 4 is 34.8 Å². The molecule has 208 valence electrons. The molecule has 4 N–H and O–H groups in total. The van der Waals surface area contributed by atoms with E-state index >= 15 is 0 Å². The van der Waals surface area contributed by atoms with E-state index in [4.69, 9.17) is 0 Å². The zero-order valence-electron chi connectivity index (χ0n) is 21.9. The summed E-state index contributed by atoms with van der Waals surface area (Å²) in [5.74, 6) is -2.35. The molecular formula is C29H25FN6O5. The summed E-state index contributed by atoms with van der Waals surface area (Å²) in [5, 5.41) is 22.9. The average molecular weight is 557 g/mol. The summed E-state index contributed by atoms with van der Waals surface area (Å²) >= 11 is 0. The molecule has 0 unspecified atom stereocenters. The third-order valence-corrected chi connectivity index (χ3v) is 7.40. The molecule has 0 bridgehead atoms. The molecule has 0 saturated carbocycles. The second-order valence-corrected chi connectivity index (χ2v) is 10.2. The number of aromatic nitrogens is 3. The van der Waals surface area contributed by atoms with Crippen molar-refractivity contribution in [2.24, 2.45) is 0 Å². The van der Waals surface area contributed by atoms with Gasteiger partial charge in [0.1, 0.15) is 11.4 Å². The Kier molecular flexibility index (Phi) is 6.54. The molecule has 0 saturated heterocycles. The first-order valence-electron chi connectivity index (χ1n) is 13.0. The van der Waals surface area contributed by atoms with Crippen LogP contribution in [0.15, 0.2) is 48.7 Å². The Balaban J connectivity index is 1.24. The van der Waals surface area contributed by atoms with E-state index in [-0.39, 0.29) is 41.7 Å². The number of fused-ring (bicyclic) bond motifs is 3. The van der Waals surface area contributed by atoms with Gasteiger partial charge < -0.3 is 21.1 Å². The number of aliphatic hydroxyl groups is 1. The Labute approximate surface area is 232 Å². The van der Waals surface area contributed by atoms with Gasteiger partial charge in [-0.05, 0) is 47.7 Å². The number of carbonyl (C=O) groups is 4. The molecule has 41 heavy (non-hydrogen) atoms. The number of hydrogen-bond donors (Lipinski definition) is 4. The highest BCUT2D eigenvalue weighted by Gasteiger charge is 2.34. The van der Waals surface area contributed by atoms with Crippen LogP contribution in [0.3, 0.4) is 0 Å². The van der Waals surface area contributed by atoms with Crippen molar-refractivity contribution in [1.29, 1.82) is 0 Å². The van der Waals surface area contributed by atoms with Crippen LogP contribution in [0.1, 0.15) is 73.0 Å². The fourth-order valence-electron chi connectivity index (χ4n) is 5.26. The van der Waals surface area contributed by atoms with Gasteiger partial charge in [0.2, 0.25) is 5.91 Å². The minimum absolute atomic E-state index is 0.0701. The summed E-state index contributed by atoms with van der Waals surface area (Å²) in [6.07, 6.45) is 1.25. The molecular weight excluding hydrogens is 531 g/mol. The van der Waals surface area contributed by atoms with Gasteiger partial charge in [-0.15, -0.1) is 0 Å². The number of ketones is 1. The van der Waals surface area contributed by atoms with E-state index in [0.717, 1.165) is 27.4 Å². The standard InChI is InChI=1S/C29H25FN6O5/c1-14(37)17-4-6-19-18(9-17)10-24(38)26(19)35-29(41)23-11-22(34-27-20(30)13-32-36(23)27)28(40)31-12-15-2-3-16-5-7-25(39)33-21(16)8-15/h2-4,6,8-9,11,13,24,26,38H,5,7,10,12H2,1H3,(H,31,40)(H,33,39)(H,35,41)/t24-,26+/m0/s1. The fraction of sp³-hybridized carbons (Fsp3) is 0.241. The predicted molar refractivity (Wildman–Crippen MR) is 144 cm³/mol. The molecule has 6 rings (SSSR count). The Morgan fingerprint density at radius 3 is 2.73 bits per heavy atom. The first-order chi connectivity index (χ1) is 19.7. The molecule has 1 aliphatic heterocycles. The molecule has 0 radical (unpaired) electrons. The van der Waals surface area contributed by atoms with Crippen LogP contribution >= 0.6 is 0 Å². The Bertz CT molecular complexity index is 1770. The SMILES string of the molecule is CC(=O)c1ccc2c(c1)C[C@H](O)[C@@H]2NC(=O)c1cc(C(=O)NCc2ccc3c(c2)NC(=O)CC3)nc2c(F)cnn12. The molecule has 2 atom stereocenters. The van der Waals surface area contributed by atoms with Crippen LogP contribution in [0.2, 0.25) is 0 Å². The minimum atomic E-state index is -0.952. The summed E-state index contributed by atoms with van der Waals surface area (Å²) in [6, 6.07) is 10.9. The summed E-state index contributed by atoms with van der Waals surface area (Å²) in [4.78, 5) is 54.0. The summed E-state index contributed by atoms with van der Waals surface area (Å²) in [6.45, 7) is 1.55. The van der Waals surface area contributed by atoms with E-state index in [1.54, 1.807) is 24.3 Å². The molecule has 3 amide bonds. The normalized spacial score (nSPS) is 17.5. The number of carbonyl (C=O) groups excluding carboxylic acids is 4. The van der Waals surface area contributed by atoms with Gasteiger partial charge in [-0.2, -0.15) is 5.10 Å². The largest absolute Gasteiger partial charge is 0.390 e. The lowest BCUT2D eigenvalue weighted by Crippen LogP contribution is -2.35. The van der Waals surface area contributed by atoms with Crippen molar-refractivity contribution in [2.75, 3.05) is 5.32 Å². The molecule has 3 heterocycles. The zero-order valence-corrected chi connectivity index (χ0v) is 21.9. The van der Waals surface area contributed by atoms with Crippen molar-refractivity contribution in [3.63, 3.8) is 0 Å². The van der Waals surface area contributed by atoms with Crippen molar-refractivity contribution in [1.82, 2.24) is 25.2 Å². The number of amides is 3. The van der Waals surface area contributed by atoms with Gasteiger partial charge in [-0.25, -0.2) is 13.9 Å². The van der Waals surface area contributed by atoms with Gasteiger partial charge in [0.25, 0.3) is 11.8 Å². The second kappa shape index (κ2) is 10.2. The second-order valence-electron chi connectivity index (χ2n) is 10.2. The highest BCUT2D eigenvalue weighted by atomic mass is 19.1. The van der Waals surface area contributed by atoms with Gasteiger partial charge in [0, 0.05) is 36.7 Å². The van der Waals surface area contributed by atoms with E-state index in [1.807, 2.05) is 12.1 Å². The van der Waals surface area contributed by atoms with Gasteiger partial charge >= 0.3 is 0 Å². The quantitative estimate of drug-likeness (QED) is 0.266. The maximum atomic E-state index is 14.5. The highest BCUT2D eigenvalue weighted by molar-refractivity contribution is 5.99. The van der Waals surface area contributed by atoms with Crippen LogP contribution in [-0.4, -0.2) is 49.3 Å². The molecule has 2 aliphatic rings. The van der Waals surface area contributed by atoms with Gasteiger partial charge in [-0.3, -0.25) is 19.2 Å². The average Bonchev–Trinajstić information content (AvgIpc) is 3.48. The predicted octanol–water partition coefficient (Wildman–Crippen LogP) is 2.27. The van der Waals surface area contributed by atoms with Gasteiger partial charge in [0.05, 0.1) is 18.3 Å². The lowest BCUT2D eigenvalue weighted by atomic mass is 10.0. The summed E-state index contributed by atoms with van der Waals surface area (Å²) in [7, 11) is 0. The summed E-state index contributed by atoms with van der Waals surface area (Å²) < 4.78 is 15.5. The number of nitrogens with zero attached hydrogens (tertiary/aromatic N) is 3. The number of aryl methyl sites for hydroxylation is 1. The highest BCUT2D eigenvalue weighted by Crippen LogP contribution is 2.33. The molecule has 0 fully saturated rings. The number of benzene rings is 2. The third-order valence-electron chi connectivity index (χ3n) is 7.40. The molecule has 4 aromatic rings. The number of rotatable bonds is 6. The molecule has 2 aromatic heterocycles. The zero-order chi connectivity index (χ0) is 28.8. The maximum Gasteiger partial charge on any atom is 0.270 e. The lowest BCUT2D eigenvalue weighted by Gasteiger charge is -2.19. The number of halogens is 1. The van der Waals surface area contributed by atoms with Crippen molar-refractivity contribution in [3.8, 4) is 0 Å². The van der Waals surface area contributed by atoms with Crippen LogP contribution in [0.25, 0.3) is 5.65 Å². The van der Waals surface area contributed by atoms with E-state index < -0.39 is 29.8 Å². The number of aliphatic hydroxyl groups excluding tert-OH is 1. The van der Waals surface area contributed by atoms with E-state index in [2.05, 4.69) is 26.0 Å². The van der Waals surface area contributed by atoms with Gasteiger partial charge in [0.15, 0.2) is 17.2 Å². The van der Waals surface area contributed by atoms with Crippen LogP contribution in [0.5, 0.6) is 0 Å². The smallest absolute Gasteiger partial charge is 0.270 e. The molecule has 2 aromatic carbocycles. The Morgan fingerprint density at radius 2 is 1.93 bits per heavy atom. The molecule has 1 aliphatic carbocycles. The van der Waals surface area contributed by atoms with E-state index in [1.165, 1.54) is 13.0 Å². The Hall–Kier alpha value is -4.97. The number of hydrogen-bond acceptors (Lipinski definition) is 7.